The molecule has 1 aromatic heterocycles. The third kappa shape index (κ3) is 5.98. The number of aromatic nitrogens is 1. The number of rotatable bonds is 5. The largest absolute Gasteiger partial charge is 0.411 e. The van der Waals surface area contributed by atoms with Gasteiger partial charge in [-0.2, -0.15) is 13.2 Å². The lowest BCUT2D eigenvalue weighted by Gasteiger charge is -2.18. The SMILES string of the molecule is CC(C)(C)C(=O)NNC(=O)c1cc(COCC(F)(F)F)c(C2CC2)cn1. The van der Waals surface area contributed by atoms with Gasteiger partial charge in [-0.25, -0.2) is 0 Å². The lowest BCUT2D eigenvalue weighted by molar-refractivity contribution is -0.176. The van der Waals surface area contributed by atoms with Crippen LogP contribution in [-0.4, -0.2) is 29.6 Å². The number of nitrogens with zero attached hydrogens (tertiary/aromatic N) is 1. The summed E-state index contributed by atoms with van der Waals surface area (Å²) in [5, 5.41) is 0. The van der Waals surface area contributed by atoms with Gasteiger partial charge in [-0.3, -0.25) is 25.4 Å². The first-order valence-corrected chi connectivity index (χ1v) is 8.21. The molecule has 26 heavy (non-hydrogen) atoms. The van der Waals surface area contributed by atoms with Crippen molar-refractivity contribution in [2.75, 3.05) is 6.61 Å². The van der Waals surface area contributed by atoms with Gasteiger partial charge in [-0.05, 0) is 36.0 Å². The van der Waals surface area contributed by atoms with E-state index in [1.807, 2.05) is 0 Å². The molecular formula is C17H22F3N3O3. The summed E-state index contributed by atoms with van der Waals surface area (Å²) in [5.74, 6) is -0.791. The predicted molar refractivity (Wildman–Crippen MR) is 87.0 cm³/mol. The van der Waals surface area contributed by atoms with Crippen LogP contribution in [0, 0.1) is 5.41 Å². The maximum atomic E-state index is 12.3. The van der Waals surface area contributed by atoms with Crippen molar-refractivity contribution < 1.29 is 27.5 Å². The van der Waals surface area contributed by atoms with E-state index < -0.39 is 24.1 Å². The van der Waals surface area contributed by atoms with Crippen LogP contribution in [0.15, 0.2) is 12.3 Å². The Hall–Kier alpha value is -2.16. The van der Waals surface area contributed by atoms with Gasteiger partial charge in [-0.15, -0.1) is 0 Å². The van der Waals surface area contributed by atoms with Crippen molar-refractivity contribution in [1.82, 2.24) is 15.8 Å². The Kier molecular flexibility index (Phi) is 5.90. The van der Waals surface area contributed by atoms with Crippen molar-refractivity contribution >= 4 is 11.8 Å². The molecule has 2 rings (SSSR count). The number of pyridine rings is 1. The van der Waals surface area contributed by atoms with Gasteiger partial charge >= 0.3 is 6.18 Å². The third-order valence-electron chi connectivity index (χ3n) is 3.77. The standard InChI is InChI=1S/C17H22F3N3O3/c1-16(2,3)15(25)23-22-14(24)13-6-11(8-26-9-17(18,19)20)12(7-21-13)10-4-5-10/h6-7,10H,4-5,8-9H2,1-3H3,(H,22,24)(H,23,25). The fraction of sp³-hybridized carbons (Fsp3) is 0.588. The van der Waals surface area contributed by atoms with E-state index in [1.54, 1.807) is 20.8 Å². The van der Waals surface area contributed by atoms with E-state index in [0.29, 0.717) is 5.56 Å². The number of hydrogen-bond acceptors (Lipinski definition) is 4. The van der Waals surface area contributed by atoms with Gasteiger partial charge in [0.15, 0.2) is 0 Å². The predicted octanol–water partition coefficient (Wildman–Crippen LogP) is 2.85. The van der Waals surface area contributed by atoms with Gasteiger partial charge in [-0.1, -0.05) is 20.8 Å². The normalized spacial score (nSPS) is 14.8. The summed E-state index contributed by atoms with van der Waals surface area (Å²) in [7, 11) is 0. The molecule has 144 valence electrons. The number of amides is 2. The quantitative estimate of drug-likeness (QED) is 0.778. The number of carbonyl (C=O) groups excluding carboxylic acids is 2. The van der Waals surface area contributed by atoms with Crippen molar-refractivity contribution in [2.24, 2.45) is 5.41 Å². The fourth-order valence-electron chi connectivity index (χ4n) is 2.16. The molecule has 1 saturated carbocycles. The molecule has 6 nitrogen and oxygen atoms in total. The maximum Gasteiger partial charge on any atom is 0.411 e. The van der Waals surface area contributed by atoms with E-state index in [1.165, 1.54) is 12.3 Å². The van der Waals surface area contributed by atoms with Gasteiger partial charge < -0.3 is 4.74 Å². The second-order valence-electron chi connectivity index (χ2n) is 7.31. The van der Waals surface area contributed by atoms with E-state index in [4.69, 9.17) is 4.74 Å². The average Bonchev–Trinajstić information content (AvgIpc) is 3.34. The molecule has 1 aliphatic carbocycles. The number of alkyl halides is 3. The summed E-state index contributed by atoms with van der Waals surface area (Å²) in [6, 6.07) is 1.41. The molecule has 0 bridgehead atoms. The van der Waals surface area contributed by atoms with E-state index in [-0.39, 0.29) is 24.1 Å². The van der Waals surface area contributed by atoms with Crippen LogP contribution in [0.1, 0.15) is 61.1 Å². The van der Waals surface area contributed by atoms with Crippen LogP contribution in [0.3, 0.4) is 0 Å². The van der Waals surface area contributed by atoms with Gasteiger partial charge in [0.1, 0.15) is 12.3 Å². The fourth-order valence-corrected chi connectivity index (χ4v) is 2.16. The number of ether oxygens (including phenoxy) is 1. The molecule has 2 N–H and O–H groups in total. The number of nitrogens with one attached hydrogen (secondary N) is 2. The number of carbonyl (C=O) groups is 2. The minimum atomic E-state index is -4.41. The Labute approximate surface area is 149 Å². The van der Waals surface area contributed by atoms with Crippen LogP contribution < -0.4 is 10.9 Å². The van der Waals surface area contributed by atoms with Crippen molar-refractivity contribution in [3.05, 3.63) is 29.1 Å². The molecule has 1 aliphatic rings. The molecule has 2 amide bonds. The van der Waals surface area contributed by atoms with Gasteiger partial charge in [0.25, 0.3) is 5.91 Å². The van der Waals surface area contributed by atoms with Crippen LogP contribution in [0.25, 0.3) is 0 Å². The first-order valence-electron chi connectivity index (χ1n) is 8.21. The lowest BCUT2D eigenvalue weighted by Crippen LogP contribution is -2.46. The molecule has 0 saturated heterocycles. The molecule has 0 unspecified atom stereocenters. The first-order chi connectivity index (χ1) is 12.0. The van der Waals surface area contributed by atoms with Crippen molar-refractivity contribution in [3.63, 3.8) is 0 Å². The minimum absolute atomic E-state index is 0.00535. The smallest absolute Gasteiger partial charge is 0.367 e. The third-order valence-corrected chi connectivity index (χ3v) is 3.77. The van der Waals surface area contributed by atoms with Crippen LogP contribution in [0.2, 0.25) is 0 Å². The van der Waals surface area contributed by atoms with Crippen LogP contribution in [0.5, 0.6) is 0 Å². The number of hydrazine groups is 1. The highest BCUT2D eigenvalue weighted by Gasteiger charge is 2.30. The zero-order chi connectivity index (χ0) is 19.5. The summed E-state index contributed by atoms with van der Waals surface area (Å²) in [5.41, 5.74) is 5.15. The van der Waals surface area contributed by atoms with E-state index in [9.17, 15) is 22.8 Å². The molecular weight excluding hydrogens is 351 g/mol. The molecule has 1 heterocycles. The zero-order valence-electron chi connectivity index (χ0n) is 14.9. The highest BCUT2D eigenvalue weighted by atomic mass is 19.4. The van der Waals surface area contributed by atoms with Crippen LogP contribution in [0.4, 0.5) is 13.2 Å². The van der Waals surface area contributed by atoms with Crippen LogP contribution in [-0.2, 0) is 16.1 Å². The molecule has 0 atom stereocenters. The average molecular weight is 373 g/mol. The summed E-state index contributed by atoms with van der Waals surface area (Å²) in [4.78, 5) is 28.0. The van der Waals surface area contributed by atoms with E-state index in [0.717, 1.165) is 18.4 Å². The Morgan fingerprint density at radius 2 is 1.88 bits per heavy atom. The van der Waals surface area contributed by atoms with E-state index >= 15 is 0 Å². The van der Waals surface area contributed by atoms with E-state index in [2.05, 4.69) is 15.8 Å². The zero-order valence-corrected chi connectivity index (χ0v) is 14.9. The van der Waals surface area contributed by atoms with Crippen molar-refractivity contribution in [2.45, 2.75) is 52.3 Å². The number of hydrogen-bond donors (Lipinski definition) is 2. The molecule has 9 heteroatoms. The van der Waals surface area contributed by atoms with Crippen LogP contribution >= 0.6 is 0 Å². The summed E-state index contributed by atoms with van der Waals surface area (Å²) in [6.07, 6.45) is -1.06. The second kappa shape index (κ2) is 7.61. The van der Waals surface area contributed by atoms with Gasteiger partial charge in [0.05, 0.1) is 6.61 Å². The topological polar surface area (TPSA) is 80.3 Å². The molecule has 0 radical (unpaired) electrons. The molecule has 1 aromatic rings. The van der Waals surface area contributed by atoms with Gasteiger partial charge in [0, 0.05) is 11.6 Å². The second-order valence-corrected chi connectivity index (χ2v) is 7.31. The minimum Gasteiger partial charge on any atom is -0.367 e. The number of halogens is 3. The summed E-state index contributed by atoms with van der Waals surface area (Å²) in [6.45, 7) is 3.44. The Balaban J connectivity index is 2.05. The first kappa shape index (κ1) is 20.2. The highest BCUT2D eigenvalue weighted by molar-refractivity contribution is 5.94. The monoisotopic (exact) mass is 373 g/mol. The molecule has 0 aromatic carbocycles. The summed E-state index contributed by atoms with van der Waals surface area (Å²) >= 11 is 0. The summed E-state index contributed by atoms with van der Waals surface area (Å²) < 4.78 is 41.5. The lowest BCUT2D eigenvalue weighted by atomic mass is 9.96. The Morgan fingerprint density at radius 3 is 2.42 bits per heavy atom. The molecule has 1 fully saturated rings. The Morgan fingerprint density at radius 1 is 1.23 bits per heavy atom. The van der Waals surface area contributed by atoms with Gasteiger partial charge in [0.2, 0.25) is 5.91 Å². The molecule has 0 spiro atoms. The maximum absolute atomic E-state index is 12.3. The van der Waals surface area contributed by atoms with Crippen molar-refractivity contribution in [1.29, 1.82) is 0 Å². The van der Waals surface area contributed by atoms with Crippen molar-refractivity contribution in [3.8, 4) is 0 Å². The highest BCUT2D eigenvalue weighted by Crippen LogP contribution is 2.41. The Bertz CT molecular complexity index is 680. The molecule has 0 aliphatic heterocycles.